The van der Waals surface area contributed by atoms with Crippen LogP contribution in [-0.2, 0) is 20.4 Å². The second kappa shape index (κ2) is 10.2. The Morgan fingerprint density at radius 2 is 1.55 bits per heavy atom. The summed E-state index contributed by atoms with van der Waals surface area (Å²) in [7, 11) is 2.60. The van der Waals surface area contributed by atoms with Crippen molar-refractivity contribution < 1.29 is 31.8 Å². The first-order valence-corrected chi connectivity index (χ1v) is 9.80. The molecule has 0 bridgehead atoms. The molecule has 0 aromatic heterocycles. The smallest absolute Gasteiger partial charge is 0.416 e. The van der Waals surface area contributed by atoms with Crippen molar-refractivity contribution >= 4 is 23.4 Å². The van der Waals surface area contributed by atoms with Gasteiger partial charge in [0.1, 0.15) is 11.4 Å². The maximum absolute atomic E-state index is 15.2. The Balaban J connectivity index is 2.02. The lowest BCUT2D eigenvalue weighted by atomic mass is 9.97. The molecule has 3 nitrogen and oxygen atoms in total. The number of carbonyl (C=O) groups is 1. The highest BCUT2D eigenvalue weighted by Gasteiger charge is 2.30. The second-order valence-electron chi connectivity index (χ2n) is 7.00. The molecule has 0 radical (unpaired) electrons. The molecule has 0 aliphatic carbocycles. The van der Waals surface area contributed by atoms with Gasteiger partial charge in [0.2, 0.25) is 0 Å². The fourth-order valence-electron chi connectivity index (χ4n) is 3.26. The zero-order valence-electron chi connectivity index (χ0n) is 17.8. The van der Waals surface area contributed by atoms with E-state index in [0.717, 1.165) is 12.1 Å². The molecule has 0 heterocycles. The van der Waals surface area contributed by atoms with Gasteiger partial charge in [-0.05, 0) is 46.5 Å². The Kier molecular flexibility index (Phi) is 7.33. The summed E-state index contributed by atoms with van der Waals surface area (Å²) in [6, 6.07) is 17.6. The predicted octanol–water partition coefficient (Wildman–Crippen LogP) is 7.00. The largest absolute Gasteiger partial charge is 0.503 e. The zero-order valence-corrected chi connectivity index (χ0v) is 17.8. The molecule has 0 spiro atoms. The van der Waals surface area contributed by atoms with Crippen LogP contribution in [0.25, 0.3) is 28.6 Å². The summed E-state index contributed by atoms with van der Waals surface area (Å²) in [6.45, 7) is 0. The average Bonchev–Trinajstić information content (AvgIpc) is 2.82. The van der Waals surface area contributed by atoms with Crippen LogP contribution in [0.4, 0.5) is 17.6 Å². The normalized spacial score (nSPS) is 12.4. The molecule has 0 atom stereocenters. The maximum Gasteiger partial charge on any atom is 0.416 e. The lowest BCUT2D eigenvalue weighted by molar-refractivity contribution is -0.137. The van der Waals surface area contributed by atoms with E-state index in [1.54, 1.807) is 36.4 Å². The van der Waals surface area contributed by atoms with E-state index in [4.69, 9.17) is 9.47 Å². The maximum atomic E-state index is 15.2. The van der Waals surface area contributed by atoms with E-state index < -0.39 is 23.5 Å². The molecule has 7 heteroatoms. The number of carbonyl (C=O) groups excluding carboxylic acids is 1. The van der Waals surface area contributed by atoms with Gasteiger partial charge < -0.3 is 9.47 Å². The van der Waals surface area contributed by atoms with Crippen molar-refractivity contribution in [2.45, 2.75) is 6.18 Å². The molecule has 0 aliphatic heterocycles. The van der Waals surface area contributed by atoms with Gasteiger partial charge in [0.15, 0.2) is 0 Å². The quantitative estimate of drug-likeness (QED) is 0.132. The number of hydrogen-bond donors (Lipinski definition) is 0. The summed E-state index contributed by atoms with van der Waals surface area (Å²) in [5.74, 6) is -1.28. The Labute approximate surface area is 188 Å². The van der Waals surface area contributed by atoms with Gasteiger partial charge in [0, 0.05) is 5.56 Å². The van der Waals surface area contributed by atoms with E-state index >= 15 is 4.39 Å². The van der Waals surface area contributed by atoms with E-state index in [-0.39, 0.29) is 11.1 Å². The van der Waals surface area contributed by atoms with E-state index in [1.165, 1.54) is 50.8 Å². The van der Waals surface area contributed by atoms with Crippen molar-refractivity contribution in [2.24, 2.45) is 0 Å². The van der Waals surface area contributed by atoms with Crippen molar-refractivity contribution in [2.75, 3.05) is 14.2 Å². The number of benzene rings is 3. The molecule has 33 heavy (non-hydrogen) atoms. The minimum absolute atomic E-state index is 0.109. The number of rotatable bonds is 6. The van der Waals surface area contributed by atoms with Gasteiger partial charge >= 0.3 is 12.1 Å². The van der Waals surface area contributed by atoms with Crippen molar-refractivity contribution in [1.82, 2.24) is 0 Å². The third kappa shape index (κ3) is 5.68. The highest BCUT2D eigenvalue weighted by Crippen LogP contribution is 2.33. The molecule has 0 unspecified atom stereocenters. The molecule has 0 N–H and O–H groups in total. The SMILES string of the molecule is COC=C(C(=O)OC)c1ccccc1C=C(F)c1cccc(-c2cccc(C(F)(F)F)c2)c1. The number of ether oxygens (including phenoxy) is 2. The van der Waals surface area contributed by atoms with Crippen molar-refractivity contribution in [3.63, 3.8) is 0 Å². The molecular formula is C26H20F4O3. The Hall–Kier alpha value is -3.87. The minimum Gasteiger partial charge on any atom is -0.503 e. The van der Waals surface area contributed by atoms with Crippen LogP contribution in [0, 0.1) is 0 Å². The number of alkyl halides is 3. The topological polar surface area (TPSA) is 35.5 Å². The van der Waals surface area contributed by atoms with Crippen LogP contribution in [0.1, 0.15) is 22.3 Å². The molecule has 0 amide bonds. The lowest BCUT2D eigenvalue weighted by Gasteiger charge is -2.11. The van der Waals surface area contributed by atoms with E-state index in [1.807, 2.05) is 0 Å². The van der Waals surface area contributed by atoms with Crippen LogP contribution in [0.3, 0.4) is 0 Å². The standard InChI is InChI=1S/C26H20F4O3/c1-32-16-23(25(31)33-2)22-12-4-3-7-19(22)15-24(27)20-10-5-8-17(13-20)18-9-6-11-21(14-18)26(28,29)30/h3-16H,1-2H3. The Morgan fingerprint density at radius 1 is 0.879 bits per heavy atom. The summed E-state index contributed by atoms with van der Waals surface area (Å²) >= 11 is 0. The van der Waals surface area contributed by atoms with Crippen molar-refractivity contribution in [3.8, 4) is 11.1 Å². The summed E-state index contributed by atoms with van der Waals surface area (Å²) in [5.41, 5.74) is 1.05. The van der Waals surface area contributed by atoms with Crippen LogP contribution >= 0.6 is 0 Å². The highest BCUT2D eigenvalue weighted by atomic mass is 19.4. The lowest BCUT2D eigenvalue weighted by Crippen LogP contribution is -2.05. The van der Waals surface area contributed by atoms with Crippen molar-refractivity contribution in [3.05, 3.63) is 101 Å². The summed E-state index contributed by atoms with van der Waals surface area (Å²) in [4.78, 5) is 12.1. The Morgan fingerprint density at radius 3 is 2.21 bits per heavy atom. The monoisotopic (exact) mass is 456 g/mol. The summed E-state index contributed by atoms with van der Waals surface area (Å²) in [6.07, 6.45) is -2.02. The Bertz CT molecular complexity index is 1210. The number of halogens is 4. The second-order valence-corrected chi connectivity index (χ2v) is 7.00. The van der Waals surface area contributed by atoms with Crippen LogP contribution < -0.4 is 0 Å². The first-order valence-electron chi connectivity index (χ1n) is 9.80. The number of hydrogen-bond acceptors (Lipinski definition) is 3. The van der Waals surface area contributed by atoms with E-state index in [2.05, 4.69) is 0 Å². The number of methoxy groups -OCH3 is 2. The third-order valence-electron chi connectivity index (χ3n) is 4.84. The first-order chi connectivity index (χ1) is 15.7. The molecule has 0 fully saturated rings. The van der Waals surface area contributed by atoms with Crippen molar-refractivity contribution in [1.29, 1.82) is 0 Å². The zero-order chi connectivity index (χ0) is 24.0. The molecule has 170 valence electrons. The van der Waals surface area contributed by atoms with Gasteiger partial charge in [-0.15, -0.1) is 0 Å². The third-order valence-corrected chi connectivity index (χ3v) is 4.84. The van der Waals surface area contributed by atoms with E-state index in [9.17, 15) is 18.0 Å². The molecular weight excluding hydrogens is 436 g/mol. The van der Waals surface area contributed by atoms with Gasteiger partial charge in [-0.3, -0.25) is 0 Å². The average molecular weight is 456 g/mol. The van der Waals surface area contributed by atoms with Gasteiger partial charge in [0.05, 0.1) is 26.0 Å². The molecule has 0 aliphatic rings. The van der Waals surface area contributed by atoms with Crippen LogP contribution in [0.2, 0.25) is 0 Å². The first kappa shape index (κ1) is 23.8. The van der Waals surface area contributed by atoms with Gasteiger partial charge in [0.25, 0.3) is 0 Å². The van der Waals surface area contributed by atoms with Gasteiger partial charge in [-0.1, -0.05) is 54.6 Å². The summed E-state index contributed by atoms with van der Waals surface area (Å²) < 4.78 is 64.1. The van der Waals surface area contributed by atoms with Crippen LogP contribution in [0.15, 0.2) is 79.1 Å². The fraction of sp³-hybridized carbons (Fsp3) is 0.115. The number of esters is 1. The van der Waals surface area contributed by atoms with Crippen LogP contribution in [0.5, 0.6) is 0 Å². The minimum atomic E-state index is -4.48. The molecule has 0 saturated carbocycles. The highest BCUT2D eigenvalue weighted by molar-refractivity contribution is 6.17. The molecule has 0 saturated heterocycles. The van der Waals surface area contributed by atoms with Gasteiger partial charge in [-0.2, -0.15) is 13.2 Å². The van der Waals surface area contributed by atoms with Gasteiger partial charge in [-0.25, -0.2) is 9.18 Å². The van der Waals surface area contributed by atoms with Crippen LogP contribution in [-0.4, -0.2) is 20.2 Å². The van der Waals surface area contributed by atoms with E-state index in [0.29, 0.717) is 22.3 Å². The summed E-state index contributed by atoms with van der Waals surface area (Å²) in [5, 5.41) is 0. The molecule has 3 rings (SSSR count). The predicted molar refractivity (Wildman–Crippen MR) is 119 cm³/mol. The fourth-order valence-corrected chi connectivity index (χ4v) is 3.26. The molecule has 3 aromatic rings. The molecule has 3 aromatic carbocycles.